The molecule has 3 aromatic carbocycles. The van der Waals surface area contributed by atoms with E-state index in [1.165, 1.54) is 16.7 Å². The molecule has 3 heteroatoms. The van der Waals surface area contributed by atoms with Crippen LogP contribution in [0.3, 0.4) is 0 Å². The summed E-state index contributed by atoms with van der Waals surface area (Å²) in [6, 6.07) is 25.3. The summed E-state index contributed by atoms with van der Waals surface area (Å²) in [5.41, 5.74) is 4.87. The lowest BCUT2D eigenvalue weighted by Crippen LogP contribution is -2.29. The molecule has 1 heterocycles. The molecule has 0 radical (unpaired) electrons. The first kappa shape index (κ1) is 17.9. The molecule has 0 saturated carbocycles. The third-order valence-corrected chi connectivity index (χ3v) is 6.05. The largest absolute Gasteiger partial charge is 0.497 e. The summed E-state index contributed by atoms with van der Waals surface area (Å²) in [6.07, 6.45) is 5.75. The van der Waals surface area contributed by atoms with Crippen molar-refractivity contribution in [3.05, 3.63) is 102 Å². The molecule has 0 aromatic heterocycles. The van der Waals surface area contributed by atoms with Crippen molar-refractivity contribution in [1.82, 2.24) is 0 Å². The standard InChI is InChI=1S/C26H25NO2/c1-28-20-11-5-10-19(16-20)25-22-13-6-12-21(22)23-14-7-15-24(26(23)27-25)29-17-18-8-3-2-4-9-18/h2-12,14-16,21-22,25,27H,13,17H2,1H3. The minimum Gasteiger partial charge on any atom is -0.497 e. The number of hydrogen-bond acceptors (Lipinski definition) is 3. The fourth-order valence-corrected chi connectivity index (χ4v) is 4.61. The van der Waals surface area contributed by atoms with Crippen LogP contribution in [0.2, 0.25) is 0 Å². The summed E-state index contributed by atoms with van der Waals surface area (Å²) in [6.45, 7) is 0.562. The highest BCUT2D eigenvalue weighted by Gasteiger charge is 2.39. The Hall–Kier alpha value is -3.20. The maximum Gasteiger partial charge on any atom is 0.143 e. The first-order valence-corrected chi connectivity index (χ1v) is 10.2. The molecule has 5 rings (SSSR count). The van der Waals surface area contributed by atoms with Gasteiger partial charge in [-0.3, -0.25) is 0 Å². The molecule has 0 bridgehead atoms. The normalized spacial score (nSPS) is 21.8. The van der Waals surface area contributed by atoms with Crippen molar-refractivity contribution >= 4 is 5.69 Å². The van der Waals surface area contributed by atoms with Crippen LogP contribution in [0.15, 0.2) is 84.9 Å². The van der Waals surface area contributed by atoms with Crippen molar-refractivity contribution < 1.29 is 9.47 Å². The van der Waals surface area contributed by atoms with Crippen molar-refractivity contribution in [1.29, 1.82) is 0 Å². The summed E-state index contributed by atoms with van der Waals surface area (Å²) in [5, 5.41) is 3.82. The van der Waals surface area contributed by atoms with E-state index in [0.717, 1.165) is 23.6 Å². The number of fused-ring (bicyclic) bond motifs is 3. The first-order valence-electron chi connectivity index (χ1n) is 10.2. The van der Waals surface area contributed by atoms with Gasteiger partial charge in [-0.25, -0.2) is 0 Å². The molecule has 0 fully saturated rings. The van der Waals surface area contributed by atoms with Gasteiger partial charge in [0.05, 0.1) is 18.8 Å². The van der Waals surface area contributed by atoms with Gasteiger partial charge in [-0.15, -0.1) is 0 Å². The Balaban J connectivity index is 1.49. The predicted molar refractivity (Wildman–Crippen MR) is 117 cm³/mol. The maximum atomic E-state index is 6.26. The van der Waals surface area contributed by atoms with Gasteiger partial charge in [-0.05, 0) is 47.2 Å². The zero-order valence-corrected chi connectivity index (χ0v) is 16.5. The number of benzene rings is 3. The maximum absolute atomic E-state index is 6.26. The fraction of sp³-hybridized carbons (Fsp3) is 0.231. The number of nitrogens with one attached hydrogen (secondary N) is 1. The third kappa shape index (κ3) is 3.38. The summed E-state index contributed by atoms with van der Waals surface area (Å²) in [7, 11) is 1.72. The molecule has 29 heavy (non-hydrogen) atoms. The lowest BCUT2D eigenvalue weighted by molar-refractivity contribution is 0.304. The lowest BCUT2D eigenvalue weighted by Gasteiger charge is -2.38. The molecule has 1 aliphatic heterocycles. The van der Waals surface area contributed by atoms with Crippen LogP contribution in [0.4, 0.5) is 5.69 Å². The summed E-state index contributed by atoms with van der Waals surface area (Å²) in [4.78, 5) is 0. The molecule has 0 amide bonds. The highest BCUT2D eigenvalue weighted by molar-refractivity contribution is 5.67. The second-order valence-electron chi connectivity index (χ2n) is 7.75. The minimum atomic E-state index is 0.221. The second kappa shape index (κ2) is 7.67. The zero-order valence-electron chi connectivity index (χ0n) is 16.5. The summed E-state index contributed by atoms with van der Waals surface area (Å²) in [5.74, 6) is 2.71. The number of hydrogen-bond donors (Lipinski definition) is 1. The number of methoxy groups -OCH3 is 1. The average Bonchev–Trinajstić information content (AvgIpc) is 3.28. The summed E-state index contributed by atoms with van der Waals surface area (Å²) < 4.78 is 11.7. The van der Waals surface area contributed by atoms with E-state index in [4.69, 9.17) is 9.47 Å². The predicted octanol–water partition coefficient (Wildman–Crippen LogP) is 6.10. The van der Waals surface area contributed by atoms with Gasteiger partial charge in [0.2, 0.25) is 0 Å². The molecule has 1 aliphatic carbocycles. The van der Waals surface area contributed by atoms with Gasteiger partial charge in [0, 0.05) is 5.92 Å². The molecule has 0 spiro atoms. The van der Waals surface area contributed by atoms with Gasteiger partial charge in [-0.2, -0.15) is 0 Å². The first-order chi connectivity index (χ1) is 14.3. The molecule has 3 nitrogen and oxygen atoms in total. The molecule has 2 aliphatic rings. The van der Waals surface area contributed by atoms with E-state index >= 15 is 0 Å². The SMILES string of the molecule is COc1cccc(C2Nc3c(OCc4ccccc4)cccc3C3C=CCC32)c1. The summed E-state index contributed by atoms with van der Waals surface area (Å²) >= 11 is 0. The van der Waals surface area contributed by atoms with E-state index in [-0.39, 0.29) is 6.04 Å². The van der Waals surface area contributed by atoms with Gasteiger partial charge >= 0.3 is 0 Å². The third-order valence-electron chi connectivity index (χ3n) is 6.05. The molecular weight excluding hydrogens is 358 g/mol. The monoisotopic (exact) mass is 383 g/mol. The number of anilines is 1. The molecule has 0 saturated heterocycles. The number of ether oxygens (including phenoxy) is 2. The van der Waals surface area contributed by atoms with Crippen molar-refractivity contribution in [3.63, 3.8) is 0 Å². The number of rotatable bonds is 5. The van der Waals surface area contributed by atoms with Gasteiger partial charge in [0.1, 0.15) is 18.1 Å². The topological polar surface area (TPSA) is 30.5 Å². The van der Waals surface area contributed by atoms with Gasteiger partial charge < -0.3 is 14.8 Å². The van der Waals surface area contributed by atoms with Gasteiger partial charge in [0.25, 0.3) is 0 Å². The Labute approximate surface area is 172 Å². The Bertz CT molecular complexity index is 1030. The van der Waals surface area contributed by atoms with E-state index in [9.17, 15) is 0 Å². The smallest absolute Gasteiger partial charge is 0.143 e. The van der Waals surface area contributed by atoms with Gasteiger partial charge in [0.15, 0.2) is 0 Å². The van der Waals surface area contributed by atoms with Crippen LogP contribution in [0, 0.1) is 5.92 Å². The van der Waals surface area contributed by atoms with Crippen LogP contribution >= 0.6 is 0 Å². The van der Waals surface area contributed by atoms with Gasteiger partial charge in [-0.1, -0.05) is 66.7 Å². The minimum absolute atomic E-state index is 0.221. The van der Waals surface area contributed by atoms with E-state index < -0.39 is 0 Å². The van der Waals surface area contributed by atoms with E-state index in [2.05, 4.69) is 66.0 Å². The van der Waals surface area contributed by atoms with Crippen molar-refractivity contribution in [2.24, 2.45) is 5.92 Å². The van der Waals surface area contributed by atoms with Crippen molar-refractivity contribution in [2.45, 2.75) is 25.0 Å². The van der Waals surface area contributed by atoms with Crippen LogP contribution in [-0.2, 0) is 6.61 Å². The molecule has 3 aromatic rings. The van der Waals surface area contributed by atoms with E-state index in [0.29, 0.717) is 18.4 Å². The lowest BCUT2D eigenvalue weighted by atomic mass is 9.77. The average molecular weight is 383 g/mol. The Morgan fingerprint density at radius 3 is 2.69 bits per heavy atom. The highest BCUT2D eigenvalue weighted by atomic mass is 16.5. The second-order valence-corrected chi connectivity index (χ2v) is 7.75. The van der Waals surface area contributed by atoms with Crippen LogP contribution < -0.4 is 14.8 Å². The van der Waals surface area contributed by atoms with Crippen LogP contribution in [0.5, 0.6) is 11.5 Å². The van der Waals surface area contributed by atoms with Crippen LogP contribution in [-0.4, -0.2) is 7.11 Å². The van der Waals surface area contributed by atoms with Crippen LogP contribution in [0.1, 0.15) is 35.1 Å². The molecular formula is C26H25NO2. The Morgan fingerprint density at radius 1 is 0.966 bits per heavy atom. The molecule has 3 atom stereocenters. The Morgan fingerprint density at radius 2 is 1.83 bits per heavy atom. The van der Waals surface area contributed by atoms with Crippen LogP contribution in [0.25, 0.3) is 0 Å². The molecule has 1 N–H and O–H groups in total. The van der Waals surface area contributed by atoms with E-state index in [1.807, 2.05) is 24.3 Å². The fourth-order valence-electron chi connectivity index (χ4n) is 4.61. The van der Waals surface area contributed by atoms with Crippen molar-refractivity contribution in [2.75, 3.05) is 12.4 Å². The number of para-hydroxylation sites is 1. The molecule has 146 valence electrons. The number of allylic oxidation sites excluding steroid dienone is 2. The van der Waals surface area contributed by atoms with Crippen molar-refractivity contribution in [3.8, 4) is 11.5 Å². The van der Waals surface area contributed by atoms with E-state index in [1.54, 1.807) is 7.11 Å². The quantitative estimate of drug-likeness (QED) is 0.540. The zero-order chi connectivity index (χ0) is 19.6. The molecule has 3 unspecified atom stereocenters. The highest BCUT2D eigenvalue weighted by Crippen LogP contribution is 2.52. The Kier molecular flexibility index (Phi) is 4.73.